The molecule has 0 aliphatic rings. The van der Waals surface area contributed by atoms with Gasteiger partial charge in [-0.1, -0.05) is 43.3 Å². The highest BCUT2D eigenvalue weighted by Crippen LogP contribution is 2.26. The van der Waals surface area contributed by atoms with Gasteiger partial charge >= 0.3 is 0 Å². The number of rotatable bonds is 4. The average Bonchev–Trinajstić information content (AvgIpc) is 2.60. The molecular formula is C20H19NO2. The van der Waals surface area contributed by atoms with E-state index in [9.17, 15) is 4.79 Å². The molecular weight excluding hydrogens is 286 g/mol. The van der Waals surface area contributed by atoms with Crippen LogP contribution in [0.5, 0.6) is 5.75 Å². The van der Waals surface area contributed by atoms with Gasteiger partial charge in [0.15, 0.2) is 0 Å². The Labute approximate surface area is 135 Å². The van der Waals surface area contributed by atoms with Gasteiger partial charge in [-0.15, -0.1) is 0 Å². The summed E-state index contributed by atoms with van der Waals surface area (Å²) in [4.78, 5) is 12.6. The van der Waals surface area contributed by atoms with Gasteiger partial charge in [0.2, 0.25) is 0 Å². The van der Waals surface area contributed by atoms with Gasteiger partial charge in [-0.3, -0.25) is 4.79 Å². The average molecular weight is 305 g/mol. The van der Waals surface area contributed by atoms with Crippen LogP contribution in [0.2, 0.25) is 0 Å². The lowest BCUT2D eigenvalue weighted by atomic mass is 10.0. The maximum Gasteiger partial charge on any atom is 0.259 e. The van der Waals surface area contributed by atoms with E-state index in [4.69, 9.17) is 4.74 Å². The van der Waals surface area contributed by atoms with Crippen molar-refractivity contribution in [2.24, 2.45) is 0 Å². The Morgan fingerprint density at radius 1 is 1.00 bits per heavy atom. The van der Waals surface area contributed by atoms with Gasteiger partial charge in [-0.05, 0) is 47.0 Å². The number of anilines is 1. The van der Waals surface area contributed by atoms with Crippen molar-refractivity contribution in [1.82, 2.24) is 0 Å². The second kappa shape index (κ2) is 6.53. The van der Waals surface area contributed by atoms with Gasteiger partial charge in [0, 0.05) is 5.69 Å². The highest BCUT2D eigenvalue weighted by atomic mass is 16.5. The van der Waals surface area contributed by atoms with E-state index in [2.05, 4.69) is 12.2 Å². The molecule has 0 bridgehead atoms. The molecule has 116 valence electrons. The molecule has 1 amide bonds. The van der Waals surface area contributed by atoms with Crippen LogP contribution in [0.3, 0.4) is 0 Å². The molecule has 0 aliphatic carbocycles. The van der Waals surface area contributed by atoms with Crippen LogP contribution in [0.4, 0.5) is 5.69 Å². The second-order valence-electron chi connectivity index (χ2n) is 5.41. The number of fused-ring (bicyclic) bond motifs is 1. The first-order valence-corrected chi connectivity index (χ1v) is 7.68. The number of nitrogens with one attached hydrogen (secondary N) is 1. The van der Waals surface area contributed by atoms with Crippen molar-refractivity contribution in [2.45, 2.75) is 13.3 Å². The normalized spacial score (nSPS) is 10.5. The maximum atomic E-state index is 12.6. The van der Waals surface area contributed by atoms with Crippen LogP contribution in [0, 0.1) is 0 Å². The summed E-state index contributed by atoms with van der Waals surface area (Å²) in [5.74, 6) is 0.411. The Bertz CT molecular complexity index is 855. The maximum absolute atomic E-state index is 12.6. The van der Waals surface area contributed by atoms with Crippen molar-refractivity contribution in [1.29, 1.82) is 0 Å². The molecule has 0 saturated carbocycles. The van der Waals surface area contributed by atoms with Gasteiger partial charge in [0.05, 0.1) is 12.7 Å². The third kappa shape index (κ3) is 3.19. The molecule has 1 N–H and O–H groups in total. The van der Waals surface area contributed by atoms with Gasteiger partial charge in [0.25, 0.3) is 5.91 Å². The van der Waals surface area contributed by atoms with Gasteiger partial charge in [0.1, 0.15) is 5.75 Å². The highest BCUT2D eigenvalue weighted by molar-refractivity contribution is 6.08. The van der Waals surface area contributed by atoms with Crippen molar-refractivity contribution >= 4 is 22.4 Å². The summed E-state index contributed by atoms with van der Waals surface area (Å²) in [5.41, 5.74) is 2.52. The van der Waals surface area contributed by atoms with Crippen molar-refractivity contribution in [3.8, 4) is 5.75 Å². The zero-order valence-electron chi connectivity index (χ0n) is 13.3. The lowest BCUT2D eigenvalue weighted by Crippen LogP contribution is -2.13. The van der Waals surface area contributed by atoms with Crippen molar-refractivity contribution in [3.63, 3.8) is 0 Å². The van der Waals surface area contributed by atoms with E-state index < -0.39 is 0 Å². The topological polar surface area (TPSA) is 38.3 Å². The summed E-state index contributed by atoms with van der Waals surface area (Å²) in [6, 6.07) is 19.6. The van der Waals surface area contributed by atoms with E-state index in [1.165, 1.54) is 5.56 Å². The van der Waals surface area contributed by atoms with Crippen molar-refractivity contribution < 1.29 is 9.53 Å². The first-order chi connectivity index (χ1) is 11.2. The third-order valence-corrected chi connectivity index (χ3v) is 3.91. The predicted molar refractivity (Wildman–Crippen MR) is 94.3 cm³/mol. The molecule has 0 fully saturated rings. The fourth-order valence-corrected chi connectivity index (χ4v) is 2.63. The minimum atomic E-state index is -0.166. The first kappa shape index (κ1) is 15.1. The van der Waals surface area contributed by atoms with Crippen molar-refractivity contribution in [3.05, 3.63) is 71.8 Å². The zero-order valence-corrected chi connectivity index (χ0v) is 13.3. The van der Waals surface area contributed by atoms with E-state index >= 15 is 0 Å². The SMILES string of the molecule is CCc1cccc(NC(=O)c2cc3ccccc3cc2OC)c1. The number of methoxy groups -OCH3 is 1. The van der Waals surface area contributed by atoms with Crippen LogP contribution in [0.15, 0.2) is 60.7 Å². The summed E-state index contributed by atoms with van der Waals surface area (Å²) in [7, 11) is 1.58. The quantitative estimate of drug-likeness (QED) is 0.761. The lowest BCUT2D eigenvalue weighted by Gasteiger charge is -2.11. The minimum absolute atomic E-state index is 0.166. The van der Waals surface area contributed by atoms with Crippen LogP contribution in [0.1, 0.15) is 22.8 Å². The molecule has 3 rings (SSSR count). The summed E-state index contributed by atoms with van der Waals surface area (Å²) in [6.45, 7) is 2.09. The fourth-order valence-electron chi connectivity index (χ4n) is 2.63. The van der Waals surface area contributed by atoms with Crippen LogP contribution >= 0.6 is 0 Å². The fraction of sp³-hybridized carbons (Fsp3) is 0.150. The summed E-state index contributed by atoms with van der Waals surface area (Å²) < 4.78 is 5.40. The van der Waals surface area contributed by atoms with Crippen LogP contribution < -0.4 is 10.1 Å². The molecule has 0 aliphatic heterocycles. The molecule has 0 unspecified atom stereocenters. The van der Waals surface area contributed by atoms with Crippen LogP contribution in [-0.4, -0.2) is 13.0 Å². The van der Waals surface area contributed by atoms with Gasteiger partial charge < -0.3 is 10.1 Å². The molecule has 3 nitrogen and oxygen atoms in total. The molecule has 3 aromatic rings. The van der Waals surface area contributed by atoms with E-state index in [0.717, 1.165) is 22.9 Å². The smallest absolute Gasteiger partial charge is 0.259 e. The van der Waals surface area contributed by atoms with Crippen molar-refractivity contribution in [2.75, 3.05) is 12.4 Å². The van der Waals surface area contributed by atoms with Gasteiger partial charge in [-0.25, -0.2) is 0 Å². The zero-order chi connectivity index (χ0) is 16.2. The molecule has 23 heavy (non-hydrogen) atoms. The second-order valence-corrected chi connectivity index (χ2v) is 5.41. The molecule has 0 atom stereocenters. The number of amides is 1. The molecule has 0 heterocycles. The van der Waals surface area contributed by atoms with Crippen LogP contribution in [-0.2, 0) is 6.42 Å². The molecule has 3 heteroatoms. The number of benzene rings is 3. The monoisotopic (exact) mass is 305 g/mol. The molecule has 0 spiro atoms. The Balaban J connectivity index is 1.96. The highest BCUT2D eigenvalue weighted by Gasteiger charge is 2.14. The van der Waals surface area contributed by atoms with E-state index in [1.807, 2.05) is 60.7 Å². The number of ether oxygens (including phenoxy) is 1. The van der Waals surface area contributed by atoms with E-state index in [-0.39, 0.29) is 5.91 Å². The minimum Gasteiger partial charge on any atom is -0.496 e. The number of hydrogen-bond acceptors (Lipinski definition) is 2. The summed E-state index contributed by atoms with van der Waals surface area (Å²) >= 11 is 0. The molecule has 0 aromatic heterocycles. The molecule has 3 aromatic carbocycles. The van der Waals surface area contributed by atoms with E-state index in [0.29, 0.717) is 11.3 Å². The largest absolute Gasteiger partial charge is 0.496 e. The standard InChI is InChI=1S/C20H19NO2/c1-3-14-7-6-10-17(11-14)21-20(22)18-12-15-8-4-5-9-16(15)13-19(18)23-2/h4-13H,3H2,1-2H3,(H,21,22). The van der Waals surface area contributed by atoms with E-state index in [1.54, 1.807) is 7.11 Å². The number of carbonyl (C=O) groups is 1. The number of aryl methyl sites for hydroxylation is 1. The lowest BCUT2D eigenvalue weighted by molar-refractivity contribution is 0.102. The third-order valence-electron chi connectivity index (χ3n) is 3.91. The number of carbonyl (C=O) groups excluding carboxylic acids is 1. The summed E-state index contributed by atoms with van der Waals surface area (Å²) in [6.07, 6.45) is 0.934. The Morgan fingerprint density at radius 2 is 1.74 bits per heavy atom. The number of hydrogen-bond donors (Lipinski definition) is 1. The molecule has 0 saturated heterocycles. The Kier molecular flexibility index (Phi) is 4.29. The van der Waals surface area contributed by atoms with Crippen LogP contribution in [0.25, 0.3) is 10.8 Å². The Hall–Kier alpha value is -2.81. The Morgan fingerprint density at radius 3 is 2.43 bits per heavy atom. The summed E-state index contributed by atoms with van der Waals surface area (Å²) in [5, 5.41) is 5.02. The molecule has 0 radical (unpaired) electrons. The first-order valence-electron chi connectivity index (χ1n) is 7.68. The predicted octanol–water partition coefficient (Wildman–Crippen LogP) is 4.66. The van der Waals surface area contributed by atoms with Gasteiger partial charge in [-0.2, -0.15) is 0 Å².